The third kappa shape index (κ3) is 4.70. The minimum atomic E-state index is -4.17. The Bertz CT molecular complexity index is 1250. The van der Waals surface area contributed by atoms with Crippen LogP contribution in [0.2, 0.25) is 0 Å². The molecule has 0 spiro atoms. The van der Waals surface area contributed by atoms with Crippen molar-refractivity contribution in [3.05, 3.63) is 66.2 Å². The van der Waals surface area contributed by atoms with Gasteiger partial charge in [0, 0.05) is 19.0 Å². The Morgan fingerprint density at radius 3 is 2.38 bits per heavy atom. The maximum Gasteiger partial charge on any atom is 0.342 e. The van der Waals surface area contributed by atoms with Crippen molar-refractivity contribution in [1.29, 1.82) is 0 Å². The smallest absolute Gasteiger partial charge is 0.342 e. The van der Waals surface area contributed by atoms with E-state index in [1.807, 2.05) is 0 Å². The van der Waals surface area contributed by atoms with Gasteiger partial charge in [0.1, 0.15) is 4.90 Å². The van der Waals surface area contributed by atoms with Crippen LogP contribution in [-0.2, 0) is 29.9 Å². The number of sulfonamides is 1. The van der Waals surface area contributed by atoms with Crippen LogP contribution in [0.15, 0.2) is 59.9 Å². The fraction of sp³-hybridized carbons (Fsp3) is 0.304. The normalized spacial score (nSPS) is 13.1. The predicted molar refractivity (Wildman–Crippen MR) is 124 cm³/mol. The van der Waals surface area contributed by atoms with Gasteiger partial charge >= 0.3 is 5.97 Å². The third-order valence-corrected chi connectivity index (χ3v) is 6.76. The number of pyridine rings is 1. The lowest BCUT2D eigenvalue weighted by Crippen LogP contribution is -2.37. The molecule has 3 rings (SSSR count). The van der Waals surface area contributed by atoms with E-state index in [4.69, 9.17) is 14.2 Å². The second-order valence-electron chi connectivity index (χ2n) is 7.31. The highest BCUT2D eigenvalue weighted by Gasteiger charge is 2.38. The molecule has 0 saturated heterocycles. The maximum absolute atomic E-state index is 13.7. The van der Waals surface area contributed by atoms with Crippen molar-refractivity contribution in [2.75, 3.05) is 25.1 Å². The van der Waals surface area contributed by atoms with Gasteiger partial charge in [-0.3, -0.25) is 4.98 Å². The predicted octanol–water partition coefficient (Wildman–Crippen LogP) is 3.14. The fourth-order valence-corrected chi connectivity index (χ4v) is 4.77. The molecule has 2 heterocycles. The van der Waals surface area contributed by atoms with E-state index < -0.39 is 21.6 Å². The zero-order chi connectivity index (χ0) is 24.9. The summed E-state index contributed by atoms with van der Waals surface area (Å²) in [4.78, 5) is 24.9. The van der Waals surface area contributed by atoms with Crippen LogP contribution < -0.4 is 9.04 Å². The standard InChI is InChI=1S/C23H26N4O6S/c1-6-33-23(3,22(28)32-5)17-9-11-18(12-10-17)27(20-21(31-4)26-16(2)14-25-20)34(29,30)19-8-7-13-24-15-19/h7-15H,6H2,1-5H3. The molecular weight excluding hydrogens is 460 g/mol. The van der Waals surface area contributed by atoms with Crippen LogP contribution in [-0.4, -0.2) is 50.2 Å². The lowest BCUT2D eigenvalue weighted by Gasteiger charge is -2.28. The Labute approximate surface area is 198 Å². The van der Waals surface area contributed by atoms with Crippen molar-refractivity contribution in [2.45, 2.75) is 31.3 Å². The van der Waals surface area contributed by atoms with Crippen molar-refractivity contribution in [2.24, 2.45) is 0 Å². The molecule has 0 saturated carbocycles. The first-order chi connectivity index (χ1) is 16.2. The second-order valence-corrected chi connectivity index (χ2v) is 9.09. The third-order valence-electron chi connectivity index (χ3n) is 5.06. The number of hydrogen-bond donors (Lipinski definition) is 0. The van der Waals surface area contributed by atoms with Gasteiger partial charge in [-0.05, 0) is 50.6 Å². The molecule has 11 heteroatoms. The molecule has 0 bridgehead atoms. The molecule has 0 N–H and O–H groups in total. The van der Waals surface area contributed by atoms with Gasteiger partial charge in [0.25, 0.3) is 15.9 Å². The number of methoxy groups -OCH3 is 2. The summed E-state index contributed by atoms with van der Waals surface area (Å²) in [6, 6.07) is 9.25. The van der Waals surface area contributed by atoms with Crippen LogP contribution in [0.5, 0.6) is 5.88 Å². The summed E-state index contributed by atoms with van der Waals surface area (Å²) in [5.41, 5.74) is -0.0742. The highest BCUT2D eigenvalue weighted by atomic mass is 32.2. The average molecular weight is 487 g/mol. The number of aromatic nitrogens is 3. The van der Waals surface area contributed by atoms with E-state index in [0.29, 0.717) is 11.3 Å². The van der Waals surface area contributed by atoms with Gasteiger partial charge in [0.15, 0.2) is 5.60 Å². The maximum atomic E-state index is 13.7. The van der Waals surface area contributed by atoms with Gasteiger partial charge in [-0.1, -0.05) is 12.1 Å². The molecule has 1 aromatic carbocycles. The van der Waals surface area contributed by atoms with Crippen molar-refractivity contribution >= 4 is 27.5 Å². The molecule has 0 radical (unpaired) electrons. The van der Waals surface area contributed by atoms with E-state index in [0.717, 1.165) is 4.31 Å². The number of rotatable bonds is 9. The molecule has 1 atom stereocenters. The van der Waals surface area contributed by atoms with Crippen molar-refractivity contribution < 1.29 is 27.4 Å². The monoisotopic (exact) mass is 486 g/mol. The fourth-order valence-electron chi connectivity index (χ4n) is 3.36. The van der Waals surface area contributed by atoms with Crippen molar-refractivity contribution in [3.8, 4) is 5.88 Å². The zero-order valence-corrected chi connectivity index (χ0v) is 20.4. The highest BCUT2D eigenvalue weighted by molar-refractivity contribution is 7.93. The van der Waals surface area contributed by atoms with Crippen LogP contribution in [0.3, 0.4) is 0 Å². The summed E-state index contributed by atoms with van der Waals surface area (Å²) < 4.78 is 44.3. The number of nitrogens with zero attached hydrogens (tertiary/aromatic N) is 4. The number of carbonyl (C=O) groups excluding carboxylic acids is 1. The Hall–Kier alpha value is -3.57. The van der Waals surface area contributed by atoms with E-state index in [1.54, 1.807) is 45.0 Å². The number of hydrogen-bond acceptors (Lipinski definition) is 9. The molecule has 3 aromatic rings. The SMILES string of the molecule is CCOC(C)(C(=O)OC)c1ccc(N(c2ncc(C)nc2OC)S(=O)(=O)c2cccnc2)cc1. The molecule has 0 aliphatic carbocycles. The quantitative estimate of drug-likeness (QED) is 0.420. The number of benzene rings is 1. The molecule has 2 aromatic heterocycles. The number of esters is 1. The van der Waals surface area contributed by atoms with Crippen LogP contribution in [0.25, 0.3) is 0 Å². The van der Waals surface area contributed by atoms with E-state index in [1.165, 1.54) is 44.9 Å². The first kappa shape index (κ1) is 25.1. The van der Waals surface area contributed by atoms with E-state index >= 15 is 0 Å². The van der Waals surface area contributed by atoms with Crippen molar-refractivity contribution in [1.82, 2.24) is 15.0 Å². The van der Waals surface area contributed by atoms with Gasteiger partial charge in [0.05, 0.1) is 31.8 Å². The van der Waals surface area contributed by atoms with Gasteiger partial charge in [-0.15, -0.1) is 0 Å². The Kier molecular flexibility index (Phi) is 7.48. The highest BCUT2D eigenvalue weighted by Crippen LogP contribution is 2.37. The Balaban J connectivity index is 2.20. The molecule has 0 fully saturated rings. The lowest BCUT2D eigenvalue weighted by atomic mass is 9.95. The largest absolute Gasteiger partial charge is 0.478 e. The van der Waals surface area contributed by atoms with E-state index in [2.05, 4.69) is 15.0 Å². The molecule has 34 heavy (non-hydrogen) atoms. The Morgan fingerprint density at radius 1 is 1.12 bits per heavy atom. The summed E-state index contributed by atoms with van der Waals surface area (Å²) in [6.07, 6.45) is 4.17. The molecule has 180 valence electrons. The van der Waals surface area contributed by atoms with E-state index in [9.17, 15) is 13.2 Å². The first-order valence-electron chi connectivity index (χ1n) is 10.3. The topological polar surface area (TPSA) is 121 Å². The van der Waals surface area contributed by atoms with Crippen LogP contribution in [0.4, 0.5) is 11.5 Å². The minimum Gasteiger partial charge on any atom is -0.478 e. The zero-order valence-electron chi connectivity index (χ0n) is 19.5. The van der Waals surface area contributed by atoms with Crippen LogP contribution in [0, 0.1) is 6.92 Å². The number of aryl methyl sites for hydroxylation is 1. The molecule has 0 aliphatic heterocycles. The molecular formula is C23H26N4O6S. The summed E-state index contributed by atoms with van der Waals surface area (Å²) >= 11 is 0. The number of carbonyl (C=O) groups is 1. The summed E-state index contributed by atoms with van der Waals surface area (Å²) in [7, 11) is -1.51. The molecule has 10 nitrogen and oxygen atoms in total. The van der Waals surface area contributed by atoms with E-state index in [-0.39, 0.29) is 28.9 Å². The summed E-state index contributed by atoms with van der Waals surface area (Å²) in [5, 5.41) is 0. The van der Waals surface area contributed by atoms with Crippen LogP contribution >= 0.6 is 0 Å². The number of ether oxygens (including phenoxy) is 3. The second kappa shape index (κ2) is 10.1. The van der Waals surface area contributed by atoms with Gasteiger partial charge in [-0.25, -0.2) is 27.5 Å². The number of anilines is 2. The van der Waals surface area contributed by atoms with Crippen molar-refractivity contribution in [3.63, 3.8) is 0 Å². The summed E-state index contributed by atoms with van der Waals surface area (Å²) in [5.74, 6) is -0.566. The molecule has 0 amide bonds. The molecule has 0 aliphatic rings. The van der Waals surface area contributed by atoms with Gasteiger partial charge < -0.3 is 14.2 Å². The van der Waals surface area contributed by atoms with Gasteiger partial charge in [-0.2, -0.15) is 0 Å². The molecule has 1 unspecified atom stereocenters. The first-order valence-corrected chi connectivity index (χ1v) is 11.8. The average Bonchev–Trinajstić information content (AvgIpc) is 2.85. The van der Waals surface area contributed by atoms with Gasteiger partial charge in [0.2, 0.25) is 5.82 Å². The lowest BCUT2D eigenvalue weighted by molar-refractivity contribution is -0.168. The Morgan fingerprint density at radius 2 is 1.82 bits per heavy atom. The van der Waals surface area contributed by atoms with Crippen LogP contribution in [0.1, 0.15) is 25.1 Å². The summed E-state index contributed by atoms with van der Waals surface area (Å²) in [6.45, 7) is 5.34. The minimum absolute atomic E-state index is 0.0229.